The molecule has 0 amide bonds. The lowest BCUT2D eigenvalue weighted by Crippen LogP contribution is -2.53. The fourth-order valence-corrected chi connectivity index (χ4v) is 3.42. The van der Waals surface area contributed by atoms with Gasteiger partial charge in [-0.15, -0.1) is 24.0 Å². The summed E-state index contributed by atoms with van der Waals surface area (Å²) in [5.41, 5.74) is 0.538. The maximum absolute atomic E-state index is 12.7. The molecule has 2 rings (SSSR count). The maximum Gasteiger partial charge on any atom is 0.387 e. The van der Waals surface area contributed by atoms with Crippen molar-refractivity contribution in [1.82, 2.24) is 20.4 Å². The number of alkyl halides is 2. The van der Waals surface area contributed by atoms with E-state index >= 15 is 0 Å². The molecule has 0 saturated carbocycles. The first-order valence-corrected chi connectivity index (χ1v) is 10.6. The van der Waals surface area contributed by atoms with Crippen LogP contribution >= 0.6 is 24.0 Å². The van der Waals surface area contributed by atoms with E-state index in [1.54, 1.807) is 12.1 Å². The van der Waals surface area contributed by atoms with E-state index in [2.05, 4.69) is 44.0 Å². The molecule has 7 nitrogen and oxygen atoms in total. The molecule has 0 aliphatic carbocycles. The van der Waals surface area contributed by atoms with Gasteiger partial charge in [0.1, 0.15) is 11.5 Å². The second-order valence-corrected chi connectivity index (χ2v) is 7.25. The van der Waals surface area contributed by atoms with Gasteiger partial charge in [-0.25, -0.2) is 4.99 Å². The Bertz CT molecular complexity index is 673. The Morgan fingerprint density at radius 1 is 1.16 bits per heavy atom. The van der Waals surface area contributed by atoms with Gasteiger partial charge in [-0.05, 0) is 38.6 Å². The molecule has 1 unspecified atom stereocenters. The van der Waals surface area contributed by atoms with E-state index < -0.39 is 6.61 Å². The first-order chi connectivity index (χ1) is 14.5. The molecule has 0 spiro atoms. The van der Waals surface area contributed by atoms with E-state index in [-0.39, 0.29) is 36.3 Å². The van der Waals surface area contributed by atoms with E-state index in [9.17, 15) is 8.78 Å². The van der Waals surface area contributed by atoms with Gasteiger partial charge in [-0.3, -0.25) is 4.90 Å². The number of guanidine groups is 1. The standard InChI is InChI=1S/C21H35F2N5O2.HI/c1-5-24-21(25-14-16(3)28-11-9-27(6-2)10-12-28)26-15-17-13-18(29-4)7-8-19(17)30-20(22)23;/h7-8,13,16,20H,5-6,9-12,14-15H2,1-4H3,(H2,24,25,26);1H. The number of likely N-dealkylation sites (N-methyl/N-ethyl adjacent to an activating group) is 1. The molecule has 2 N–H and O–H groups in total. The summed E-state index contributed by atoms with van der Waals surface area (Å²) in [7, 11) is 1.53. The van der Waals surface area contributed by atoms with Crippen LogP contribution in [0.15, 0.2) is 23.2 Å². The molecule has 1 heterocycles. The number of piperazine rings is 1. The van der Waals surface area contributed by atoms with Crippen molar-refractivity contribution in [3.63, 3.8) is 0 Å². The SMILES string of the molecule is CCNC(=NCc1cc(OC)ccc1OC(F)F)NCC(C)N1CCN(CC)CC1.I. The summed E-state index contributed by atoms with van der Waals surface area (Å²) in [6.45, 7) is 10.5. The quantitative estimate of drug-likeness (QED) is 0.263. The van der Waals surface area contributed by atoms with Crippen LogP contribution in [0.2, 0.25) is 0 Å². The molecular weight excluding hydrogens is 519 g/mol. The Labute approximate surface area is 201 Å². The second-order valence-electron chi connectivity index (χ2n) is 7.25. The zero-order valence-corrected chi connectivity index (χ0v) is 21.2. The van der Waals surface area contributed by atoms with E-state index in [1.165, 1.54) is 13.2 Å². The number of benzene rings is 1. The molecule has 10 heteroatoms. The van der Waals surface area contributed by atoms with Gasteiger partial charge >= 0.3 is 6.61 Å². The van der Waals surface area contributed by atoms with Gasteiger partial charge in [0.25, 0.3) is 0 Å². The van der Waals surface area contributed by atoms with Crippen LogP contribution in [0, 0.1) is 0 Å². The molecule has 1 aromatic rings. The highest BCUT2D eigenvalue weighted by Gasteiger charge is 2.20. The predicted molar refractivity (Wildman–Crippen MR) is 131 cm³/mol. The third-order valence-electron chi connectivity index (χ3n) is 5.28. The molecule has 0 bridgehead atoms. The summed E-state index contributed by atoms with van der Waals surface area (Å²) in [4.78, 5) is 9.48. The highest BCUT2D eigenvalue weighted by Crippen LogP contribution is 2.26. The van der Waals surface area contributed by atoms with Crippen LogP contribution in [-0.2, 0) is 6.54 Å². The van der Waals surface area contributed by atoms with Gasteiger partial charge in [0, 0.05) is 50.9 Å². The van der Waals surface area contributed by atoms with Crippen molar-refractivity contribution in [2.75, 3.05) is 52.9 Å². The van der Waals surface area contributed by atoms with Crippen molar-refractivity contribution in [2.24, 2.45) is 4.99 Å². The van der Waals surface area contributed by atoms with Crippen LogP contribution in [0.25, 0.3) is 0 Å². The second kappa shape index (κ2) is 14.6. The Morgan fingerprint density at radius 3 is 2.45 bits per heavy atom. The van der Waals surface area contributed by atoms with Crippen molar-refractivity contribution < 1.29 is 18.3 Å². The van der Waals surface area contributed by atoms with Gasteiger partial charge in [-0.2, -0.15) is 8.78 Å². The molecule has 0 radical (unpaired) electrons. The highest BCUT2D eigenvalue weighted by molar-refractivity contribution is 14.0. The van der Waals surface area contributed by atoms with Crippen molar-refractivity contribution in [1.29, 1.82) is 0 Å². The Hall–Kier alpha value is -1.40. The van der Waals surface area contributed by atoms with E-state index in [0.717, 1.165) is 39.3 Å². The Kier molecular flexibility index (Phi) is 13.0. The lowest BCUT2D eigenvalue weighted by molar-refractivity contribution is -0.0504. The summed E-state index contributed by atoms with van der Waals surface area (Å²) < 4.78 is 35.3. The number of hydrogen-bond acceptors (Lipinski definition) is 5. The van der Waals surface area contributed by atoms with Crippen LogP contribution in [0.3, 0.4) is 0 Å². The number of aliphatic imine (C=N–C) groups is 1. The average molecular weight is 555 g/mol. The number of nitrogens with zero attached hydrogens (tertiary/aromatic N) is 3. The third kappa shape index (κ3) is 9.32. The molecule has 178 valence electrons. The maximum atomic E-state index is 12.7. The number of rotatable bonds is 10. The van der Waals surface area contributed by atoms with Gasteiger partial charge in [0.05, 0.1) is 13.7 Å². The lowest BCUT2D eigenvalue weighted by Gasteiger charge is -2.37. The summed E-state index contributed by atoms with van der Waals surface area (Å²) in [5.74, 6) is 1.31. The average Bonchev–Trinajstić information content (AvgIpc) is 2.75. The zero-order chi connectivity index (χ0) is 21.9. The topological polar surface area (TPSA) is 61.4 Å². The molecule has 1 aliphatic rings. The predicted octanol–water partition coefficient (Wildman–Crippen LogP) is 3.00. The number of halogens is 3. The molecule has 31 heavy (non-hydrogen) atoms. The van der Waals surface area contributed by atoms with Gasteiger partial charge in [0.15, 0.2) is 5.96 Å². The van der Waals surface area contributed by atoms with E-state index in [0.29, 0.717) is 29.9 Å². The third-order valence-corrected chi connectivity index (χ3v) is 5.28. The Balaban J connectivity index is 0.00000480. The minimum Gasteiger partial charge on any atom is -0.497 e. The Morgan fingerprint density at radius 2 is 1.87 bits per heavy atom. The zero-order valence-electron chi connectivity index (χ0n) is 18.9. The van der Waals surface area contributed by atoms with Crippen LogP contribution in [-0.4, -0.2) is 81.3 Å². The fourth-order valence-electron chi connectivity index (χ4n) is 3.42. The first-order valence-electron chi connectivity index (χ1n) is 10.6. The number of nitrogens with one attached hydrogen (secondary N) is 2. The van der Waals surface area contributed by atoms with Crippen molar-refractivity contribution in [2.45, 2.75) is 40.0 Å². The van der Waals surface area contributed by atoms with Crippen molar-refractivity contribution >= 4 is 29.9 Å². The fraction of sp³-hybridized carbons (Fsp3) is 0.667. The largest absolute Gasteiger partial charge is 0.497 e. The normalized spacial score (nSPS) is 16.5. The van der Waals surface area contributed by atoms with Gasteiger partial charge in [-0.1, -0.05) is 6.92 Å². The monoisotopic (exact) mass is 555 g/mol. The number of hydrogen-bond donors (Lipinski definition) is 2. The molecule has 1 saturated heterocycles. The molecule has 1 atom stereocenters. The van der Waals surface area contributed by atoms with E-state index in [1.807, 2.05) is 6.92 Å². The lowest BCUT2D eigenvalue weighted by atomic mass is 10.2. The number of methoxy groups -OCH3 is 1. The van der Waals surface area contributed by atoms with Crippen LogP contribution < -0.4 is 20.1 Å². The summed E-state index contributed by atoms with van der Waals surface area (Å²) in [6.07, 6.45) is 0. The molecule has 1 aliphatic heterocycles. The molecule has 0 aromatic heterocycles. The van der Waals surface area contributed by atoms with Crippen LogP contribution in [0.5, 0.6) is 11.5 Å². The summed E-state index contributed by atoms with van der Waals surface area (Å²) >= 11 is 0. The van der Waals surface area contributed by atoms with Crippen molar-refractivity contribution in [3.05, 3.63) is 23.8 Å². The smallest absolute Gasteiger partial charge is 0.387 e. The highest BCUT2D eigenvalue weighted by atomic mass is 127. The van der Waals surface area contributed by atoms with Gasteiger partial charge < -0.3 is 25.0 Å². The molecule has 1 aromatic carbocycles. The summed E-state index contributed by atoms with van der Waals surface area (Å²) in [5, 5.41) is 6.57. The summed E-state index contributed by atoms with van der Waals surface area (Å²) in [6, 6.07) is 5.10. The van der Waals surface area contributed by atoms with Crippen LogP contribution in [0.4, 0.5) is 8.78 Å². The number of ether oxygens (including phenoxy) is 2. The van der Waals surface area contributed by atoms with E-state index in [4.69, 9.17) is 4.74 Å². The molecular formula is C21H36F2IN5O2. The minimum atomic E-state index is -2.89. The first kappa shape index (κ1) is 27.6. The van der Waals surface area contributed by atoms with Crippen LogP contribution in [0.1, 0.15) is 26.3 Å². The minimum absolute atomic E-state index is 0. The van der Waals surface area contributed by atoms with Crippen molar-refractivity contribution in [3.8, 4) is 11.5 Å². The van der Waals surface area contributed by atoms with Gasteiger partial charge in [0.2, 0.25) is 0 Å². The molecule has 1 fully saturated rings.